The number of hydrogen-bond acceptors (Lipinski definition) is 5. The van der Waals surface area contributed by atoms with Gasteiger partial charge in [-0.2, -0.15) is 0 Å². The first kappa shape index (κ1) is 12.3. The number of hydrazine groups is 1. The summed E-state index contributed by atoms with van der Waals surface area (Å²) in [4.78, 5) is 15.6. The molecule has 0 spiro atoms. The summed E-state index contributed by atoms with van der Waals surface area (Å²) in [5.41, 5.74) is 4.23. The first-order chi connectivity index (χ1) is 9.78. The maximum Gasteiger partial charge on any atom is 0.287 e. The normalized spacial score (nSPS) is 10.8. The van der Waals surface area contributed by atoms with Crippen molar-refractivity contribution >= 4 is 16.9 Å². The Labute approximate surface area is 114 Å². The average molecular weight is 271 g/mol. The molecule has 8 nitrogen and oxygen atoms in total. The fraction of sp³-hybridized carbons (Fsp3) is 0.167. The first-order valence-corrected chi connectivity index (χ1v) is 6.09. The van der Waals surface area contributed by atoms with Crippen LogP contribution in [0.1, 0.15) is 10.5 Å². The highest BCUT2D eigenvalue weighted by Crippen LogP contribution is 2.11. The van der Waals surface area contributed by atoms with Crippen LogP contribution >= 0.6 is 0 Å². The van der Waals surface area contributed by atoms with Gasteiger partial charge in [-0.1, -0.05) is 17.3 Å². The molecule has 0 saturated carbocycles. The molecule has 20 heavy (non-hydrogen) atoms. The summed E-state index contributed by atoms with van der Waals surface area (Å²) in [5.74, 6) is 4.58. The van der Waals surface area contributed by atoms with Crippen molar-refractivity contribution in [3.8, 4) is 0 Å². The summed E-state index contributed by atoms with van der Waals surface area (Å²) in [6, 6.07) is 7.90. The van der Waals surface area contributed by atoms with Crippen LogP contribution in [-0.2, 0) is 13.1 Å². The van der Waals surface area contributed by atoms with E-state index < -0.39 is 5.91 Å². The molecular weight excluding hydrogens is 258 g/mol. The maximum atomic E-state index is 11.3. The molecule has 2 aromatic heterocycles. The minimum Gasteiger partial charge on any atom is -0.329 e. The molecule has 0 atom stereocenters. The molecule has 0 aliphatic heterocycles. The highest BCUT2D eigenvalue weighted by molar-refractivity contribution is 5.91. The van der Waals surface area contributed by atoms with Crippen LogP contribution in [0.25, 0.3) is 11.0 Å². The Balaban J connectivity index is 1.73. The van der Waals surface area contributed by atoms with E-state index in [2.05, 4.69) is 15.3 Å². The third-order valence-corrected chi connectivity index (χ3v) is 3.00. The number of fused-ring (bicyclic) bond motifs is 1. The third-order valence-electron chi connectivity index (χ3n) is 3.00. The number of nitrogens with zero attached hydrogens (tertiary/aromatic N) is 5. The Kier molecular flexibility index (Phi) is 3.13. The standard InChI is InChI=1S/C12H13N7O/c13-15-12(20)10-7-19(17-16-10)6-5-18-8-14-9-3-1-2-4-11(9)18/h1-4,7-8H,5-6,13H2,(H,15,20). The second kappa shape index (κ2) is 5.10. The van der Waals surface area contributed by atoms with E-state index in [4.69, 9.17) is 5.84 Å². The van der Waals surface area contributed by atoms with Gasteiger partial charge in [0.2, 0.25) is 0 Å². The van der Waals surface area contributed by atoms with Gasteiger partial charge in [0.25, 0.3) is 5.91 Å². The molecule has 1 aromatic carbocycles. The zero-order valence-corrected chi connectivity index (χ0v) is 10.6. The lowest BCUT2D eigenvalue weighted by molar-refractivity contribution is 0.0948. The third kappa shape index (κ3) is 2.24. The molecule has 0 bridgehead atoms. The Bertz CT molecular complexity index is 745. The zero-order chi connectivity index (χ0) is 13.9. The van der Waals surface area contributed by atoms with Gasteiger partial charge in [-0.05, 0) is 12.1 Å². The first-order valence-electron chi connectivity index (χ1n) is 6.09. The van der Waals surface area contributed by atoms with Gasteiger partial charge in [0.15, 0.2) is 5.69 Å². The molecular formula is C12H13N7O. The number of nitrogens with two attached hydrogens (primary N) is 1. The summed E-state index contributed by atoms with van der Waals surface area (Å²) in [6.45, 7) is 1.28. The van der Waals surface area contributed by atoms with Crippen molar-refractivity contribution in [1.29, 1.82) is 0 Å². The van der Waals surface area contributed by atoms with Gasteiger partial charge in [0.1, 0.15) is 0 Å². The van der Waals surface area contributed by atoms with Crippen molar-refractivity contribution < 1.29 is 4.79 Å². The number of aryl methyl sites for hydroxylation is 2. The molecule has 0 fully saturated rings. The lowest BCUT2D eigenvalue weighted by atomic mass is 10.3. The molecule has 0 aliphatic rings. The topological polar surface area (TPSA) is 104 Å². The van der Waals surface area contributed by atoms with Crippen molar-refractivity contribution in [3.05, 3.63) is 42.5 Å². The second-order valence-corrected chi connectivity index (χ2v) is 4.27. The fourth-order valence-electron chi connectivity index (χ4n) is 1.98. The monoisotopic (exact) mass is 271 g/mol. The van der Waals surface area contributed by atoms with Crippen LogP contribution in [0.4, 0.5) is 0 Å². The van der Waals surface area contributed by atoms with Crippen LogP contribution < -0.4 is 11.3 Å². The summed E-state index contributed by atoms with van der Waals surface area (Å²) >= 11 is 0. The van der Waals surface area contributed by atoms with Crippen molar-refractivity contribution in [2.24, 2.45) is 5.84 Å². The lowest BCUT2D eigenvalue weighted by Crippen LogP contribution is -2.30. The van der Waals surface area contributed by atoms with Gasteiger partial charge in [-0.25, -0.2) is 15.5 Å². The molecule has 0 unspecified atom stereocenters. The van der Waals surface area contributed by atoms with Gasteiger partial charge in [-0.15, -0.1) is 5.10 Å². The molecule has 1 amide bonds. The van der Waals surface area contributed by atoms with Crippen LogP contribution in [-0.4, -0.2) is 30.5 Å². The largest absolute Gasteiger partial charge is 0.329 e. The van der Waals surface area contributed by atoms with E-state index in [0.717, 1.165) is 11.0 Å². The minimum atomic E-state index is -0.454. The lowest BCUT2D eigenvalue weighted by Gasteiger charge is -2.03. The van der Waals surface area contributed by atoms with Gasteiger partial charge in [0.05, 0.1) is 30.1 Å². The number of benzene rings is 1. The number of hydrogen-bond donors (Lipinski definition) is 2. The van der Waals surface area contributed by atoms with Crippen LogP contribution in [0.15, 0.2) is 36.8 Å². The molecule has 8 heteroatoms. The number of amides is 1. The summed E-state index contributed by atoms with van der Waals surface area (Å²) in [5, 5.41) is 7.63. The number of nitrogen functional groups attached to an aromatic ring is 1. The van der Waals surface area contributed by atoms with Crippen molar-refractivity contribution in [3.63, 3.8) is 0 Å². The number of aromatic nitrogens is 5. The van der Waals surface area contributed by atoms with Crippen molar-refractivity contribution in [1.82, 2.24) is 30.0 Å². The average Bonchev–Trinajstić information content (AvgIpc) is 3.11. The predicted molar refractivity (Wildman–Crippen MR) is 71.4 cm³/mol. The van der Waals surface area contributed by atoms with E-state index >= 15 is 0 Å². The summed E-state index contributed by atoms with van der Waals surface area (Å²) in [7, 11) is 0. The Morgan fingerprint density at radius 3 is 3.00 bits per heavy atom. The van der Waals surface area contributed by atoms with Gasteiger partial charge < -0.3 is 4.57 Å². The van der Waals surface area contributed by atoms with E-state index in [1.54, 1.807) is 17.2 Å². The smallest absolute Gasteiger partial charge is 0.287 e. The predicted octanol–water partition coefficient (Wildman–Crippen LogP) is -0.0685. The molecule has 2 heterocycles. The number of para-hydroxylation sites is 2. The van der Waals surface area contributed by atoms with E-state index in [1.807, 2.05) is 34.3 Å². The van der Waals surface area contributed by atoms with Crippen LogP contribution in [0.3, 0.4) is 0 Å². The number of carbonyl (C=O) groups excluding carboxylic acids is 1. The van der Waals surface area contributed by atoms with Crippen molar-refractivity contribution in [2.45, 2.75) is 13.1 Å². The van der Waals surface area contributed by atoms with Gasteiger partial charge in [0, 0.05) is 6.54 Å². The van der Waals surface area contributed by atoms with Crippen LogP contribution in [0.5, 0.6) is 0 Å². The van der Waals surface area contributed by atoms with E-state index in [9.17, 15) is 4.79 Å². The molecule has 0 saturated heterocycles. The molecule has 3 aromatic rings. The Morgan fingerprint density at radius 1 is 1.30 bits per heavy atom. The number of rotatable bonds is 4. The van der Waals surface area contributed by atoms with E-state index in [-0.39, 0.29) is 5.69 Å². The second-order valence-electron chi connectivity index (χ2n) is 4.27. The highest BCUT2D eigenvalue weighted by Gasteiger charge is 2.09. The molecule has 102 valence electrons. The highest BCUT2D eigenvalue weighted by atomic mass is 16.2. The SMILES string of the molecule is NNC(=O)c1cn(CCn2cnc3ccccc32)nn1. The van der Waals surface area contributed by atoms with E-state index in [1.165, 1.54) is 0 Å². The molecule has 3 N–H and O–H groups in total. The number of nitrogens with one attached hydrogen (secondary N) is 1. The molecule has 0 radical (unpaired) electrons. The number of imidazole rings is 1. The summed E-state index contributed by atoms with van der Waals surface area (Å²) in [6.07, 6.45) is 3.34. The minimum absolute atomic E-state index is 0.197. The Morgan fingerprint density at radius 2 is 2.15 bits per heavy atom. The van der Waals surface area contributed by atoms with E-state index in [0.29, 0.717) is 13.1 Å². The van der Waals surface area contributed by atoms with Crippen LogP contribution in [0.2, 0.25) is 0 Å². The summed E-state index contributed by atoms with van der Waals surface area (Å²) < 4.78 is 3.62. The molecule has 0 aliphatic carbocycles. The van der Waals surface area contributed by atoms with Crippen molar-refractivity contribution in [2.75, 3.05) is 0 Å². The quantitative estimate of drug-likeness (QED) is 0.393. The van der Waals surface area contributed by atoms with Crippen LogP contribution in [0, 0.1) is 0 Å². The van der Waals surface area contributed by atoms with Gasteiger partial charge in [-0.3, -0.25) is 10.2 Å². The fourth-order valence-corrected chi connectivity index (χ4v) is 1.98. The molecule has 3 rings (SSSR count). The zero-order valence-electron chi connectivity index (χ0n) is 10.6. The Hall–Kier alpha value is -2.74. The van der Waals surface area contributed by atoms with Gasteiger partial charge >= 0.3 is 0 Å². The number of carbonyl (C=O) groups is 1. The maximum absolute atomic E-state index is 11.3.